The molecular weight excluding hydrogens is 465 g/mol. The molecule has 1 aliphatic heterocycles. The minimum Gasteiger partial charge on any atom is -0.354 e. The molecule has 1 aliphatic rings. The van der Waals surface area contributed by atoms with E-state index in [9.17, 15) is 22.0 Å². The molecule has 1 saturated heterocycles. The van der Waals surface area contributed by atoms with Gasteiger partial charge in [0.25, 0.3) is 6.43 Å². The average molecular weight is 494 g/mol. The molecule has 0 bridgehead atoms. The third-order valence-electron chi connectivity index (χ3n) is 5.26. The number of rotatable bonds is 7. The summed E-state index contributed by atoms with van der Waals surface area (Å²) in [7, 11) is 1.31. The molecule has 0 radical (unpaired) electrons. The number of alkyl halides is 5. The number of hydrogen-bond donors (Lipinski definition) is 0. The molecule has 0 amide bonds. The van der Waals surface area contributed by atoms with Crippen LogP contribution in [0, 0.1) is 0 Å². The number of hydrogen-bond acceptors (Lipinski definition) is 7. The quantitative estimate of drug-likeness (QED) is 0.326. The standard InChI is InChI=1S/C20H28F5N7S/c1-19(2,3)16-26-13(15(21)22)12-14(27-16)32-9-7-31(8-10-32)6-5-11-33-18-29-28-17(30(18)4)20(23,24)25/h12,15H,5-11H2,1-4H3. The maximum atomic E-state index is 13.3. The van der Waals surface area contributed by atoms with E-state index in [-0.39, 0.29) is 10.9 Å². The van der Waals surface area contributed by atoms with Crippen molar-refractivity contribution in [2.75, 3.05) is 43.4 Å². The highest BCUT2D eigenvalue weighted by Gasteiger charge is 2.37. The normalized spacial score (nSPS) is 16.1. The molecule has 0 unspecified atom stereocenters. The minimum absolute atomic E-state index is 0.236. The SMILES string of the molecule is Cn1c(SCCCN2CCN(c3cc(C(F)F)nc(C(C)(C)C)n3)CC2)nnc1C(F)(F)F. The number of piperazine rings is 1. The Morgan fingerprint density at radius 3 is 2.24 bits per heavy atom. The van der Waals surface area contributed by atoms with Gasteiger partial charge in [-0.05, 0) is 13.0 Å². The first-order chi connectivity index (χ1) is 15.4. The predicted molar refractivity (Wildman–Crippen MR) is 116 cm³/mol. The van der Waals surface area contributed by atoms with Crippen molar-refractivity contribution in [3.05, 3.63) is 23.4 Å². The summed E-state index contributed by atoms with van der Waals surface area (Å²) in [5.74, 6) is 0.522. The van der Waals surface area contributed by atoms with Crippen LogP contribution in [0.3, 0.4) is 0 Å². The predicted octanol–water partition coefficient (Wildman–Crippen LogP) is 4.16. The molecule has 3 rings (SSSR count). The summed E-state index contributed by atoms with van der Waals surface area (Å²) in [5, 5.41) is 7.09. The largest absolute Gasteiger partial charge is 0.451 e. The van der Waals surface area contributed by atoms with Gasteiger partial charge in [-0.25, -0.2) is 18.7 Å². The molecule has 184 valence electrons. The van der Waals surface area contributed by atoms with E-state index in [1.54, 1.807) is 0 Å². The second kappa shape index (κ2) is 10.1. The van der Waals surface area contributed by atoms with Gasteiger partial charge >= 0.3 is 6.18 Å². The molecule has 0 aliphatic carbocycles. The highest BCUT2D eigenvalue weighted by Crippen LogP contribution is 2.30. The van der Waals surface area contributed by atoms with Gasteiger partial charge in [-0.15, -0.1) is 10.2 Å². The van der Waals surface area contributed by atoms with E-state index < -0.39 is 23.8 Å². The summed E-state index contributed by atoms with van der Waals surface area (Å²) in [4.78, 5) is 12.8. The third kappa shape index (κ3) is 6.52. The van der Waals surface area contributed by atoms with Crippen molar-refractivity contribution in [2.45, 2.75) is 50.4 Å². The number of halogens is 5. The van der Waals surface area contributed by atoms with E-state index >= 15 is 0 Å². The fourth-order valence-electron chi connectivity index (χ4n) is 3.40. The van der Waals surface area contributed by atoms with Crippen molar-refractivity contribution in [3.8, 4) is 0 Å². The molecule has 2 aromatic rings. The molecule has 33 heavy (non-hydrogen) atoms. The molecule has 13 heteroatoms. The van der Waals surface area contributed by atoms with Crippen LogP contribution in [0.1, 0.15) is 51.0 Å². The number of aromatic nitrogens is 5. The summed E-state index contributed by atoms with van der Waals surface area (Å²) in [6, 6.07) is 1.36. The van der Waals surface area contributed by atoms with Crippen LogP contribution in [0.4, 0.5) is 27.8 Å². The van der Waals surface area contributed by atoms with Crippen LogP contribution in [-0.2, 0) is 18.6 Å². The van der Waals surface area contributed by atoms with Crippen molar-refractivity contribution >= 4 is 17.6 Å². The van der Waals surface area contributed by atoms with Gasteiger partial charge in [-0.2, -0.15) is 13.2 Å². The van der Waals surface area contributed by atoms with E-state index in [0.29, 0.717) is 30.5 Å². The molecule has 0 aromatic carbocycles. The van der Waals surface area contributed by atoms with Crippen molar-refractivity contribution in [1.82, 2.24) is 29.6 Å². The summed E-state index contributed by atoms with van der Waals surface area (Å²) in [6.45, 7) is 9.23. The lowest BCUT2D eigenvalue weighted by Gasteiger charge is -2.36. The Bertz CT molecular complexity index is 934. The second-order valence-corrected chi connectivity index (χ2v) is 9.98. The van der Waals surface area contributed by atoms with Gasteiger partial charge < -0.3 is 9.47 Å². The van der Waals surface area contributed by atoms with Gasteiger partial charge in [0.2, 0.25) is 5.82 Å². The van der Waals surface area contributed by atoms with Crippen LogP contribution in [0.5, 0.6) is 0 Å². The lowest BCUT2D eigenvalue weighted by atomic mass is 9.95. The molecule has 0 N–H and O–H groups in total. The lowest BCUT2D eigenvalue weighted by molar-refractivity contribution is -0.147. The van der Waals surface area contributed by atoms with Crippen molar-refractivity contribution in [2.24, 2.45) is 7.05 Å². The van der Waals surface area contributed by atoms with Gasteiger partial charge in [0, 0.05) is 50.5 Å². The van der Waals surface area contributed by atoms with E-state index in [4.69, 9.17) is 0 Å². The fraction of sp³-hybridized carbons (Fsp3) is 0.700. The first-order valence-electron chi connectivity index (χ1n) is 10.6. The average Bonchev–Trinajstić information content (AvgIpc) is 3.11. The van der Waals surface area contributed by atoms with E-state index in [0.717, 1.165) is 30.6 Å². The molecule has 1 fully saturated rings. The Labute approximate surface area is 193 Å². The molecule has 0 spiro atoms. The maximum Gasteiger partial charge on any atom is 0.451 e. The van der Waals surface area contributed by atoms with Crippen LogP contribution in [0.15, 0.2) is 11.2 Å². The fourth-order valence-corrected chi connectivity index (χ4v) is 4.24. The molecule has 7 nitrogen and oxygen atoms in total. The van der Waals surface area contributed by atoms with Gasteiger partial charge in [0.1, 0.15) is 17.3 Å². The Balaban J connectivity index is 1.50. The van der Waals surface area contributed by atoms with E-state index in [2.05, 4.69) is 25.1 Å². The summed E-state index contributed by atoms with van der Waals surface area (Å²) >= 11 is 1.24. The third-order valence-corrected chi connectivity index (χ3v) is 6.37. The first-order valence-corrected chi connectivity index (χ1v) is 11.6. The summed E-state index contributed by atoms with van der Waals surface area (Å²) in [6.07, 6.45) is -6.41. The zero-order valence-electron chi connectivity index (χ0n) is 19.0. The van der Waals surface area contributed by atoms with Crippen LogP contribution < -0.4 is 4.90 Å². The van der Waals surface area contributed by atoms with Crippen molar-refractivity contribution in [3.63, 3.8) is 0 Å². The molecule has 0 atom stereocenters. The van der Waals surface area contributed by atoms with E-state index in [1.165, 1.54) is 24.9 Å². The smallest absolute Gasteiger partial charge is 0.354 e. The Kier molecular flexibility index (Phi) is 7.82. The molecule has 2 aromatic heterocycles. The van der Waals surface area contributed by atoms with Gasteiger partial charge in [0.05, 0.1) is 0 Å². The molecule has 3 heterocycles. The van der Waals surface area contributed by atoms with Crippen LogP contribution in [0.2, 0.25) is 0 Å². The van der Waals surface area contributed by atoms with Crippen molar-refractivity contribution in [1.29, 1.82) is 0 Å². The highest BCUT2D eigenvalue weighted by atomic mass is 32.2. The summed E-state index contributed by atoms with van der Waals surface area (Å²) < 4.78 is 66.0. The Hall–Kier alpha value is -2.02. The van der Waals surface area contributed by atoms with Crippen LogP contribution in [0.25, 0.3) is 0 Å². The summed E-state index contributed by atoms with van der Waals surface area (Å²) in [5.41, 5.74) is -0.704. The Morgan fingerprint density at radius 1 is 1.03 bits per heavy atom. The van der Waals surface area contributed by atoms with Crippen LogP contribution in [-0.4, -0.2) is 68.1 Å². The minimum atomic E-state index is -4.52. The number of anilines is 1. The molecule has 0 saturated carbocycles. The number of nitrogens with zero attached hydrogens (tertiary/aromatic N) is 7. The topological polar surface area (TPSA) is 63.0 Å². The van der Waals surface area contributed by atoms with Crippen molar-refractivity contribution < 1.29 is 22.0 Å². The van der Waals surface area contributed by atoms with Gasteiger partial charge in [0.15, 0.2) is 5.16 Å². The zero-order valence-corrected chi connectivity index (χ0v) is 19.8. The van der Waals surface area contributed by atoms with Crippen LogP contribution >= 0.6 is 11.8 Å². The monoisotopic (exact) mass is 493 g/mol. The number of thioether (sulfide) groups is 1. The van der Waals surface area contributed by atoms with E-state index in [1.807, 2.05) is 25.7 Å². The Morgan fingerprint density at radius 2 is 1.70 bits per heavy atom. The first kappa shape index (κ1) is 25.6. The zero-order chi connectivity index (χ0) is 24.4. The lowest BCUT2D eigenvalue weighted by Crippen LogP contribution is -2.47. The maximum absolute atomic E-state index is 13.3. The van der Waals surface area contributed by atoms with Gasteiger partial charge in [-0.3, -0.25) is 4.90 Å². The molecular formula is C20H28F5N7S. The van der Waals surface area contributed by atoms with Gasteiger partial charge in [-0.1, -0.05) is 32.5 Å². The second-order valence-electron chi connectivity index (χ2n) is 8.92. The highest BCUT2D eigenvalue weighted by molar-refractivity contribution is 7.99.